The molecule has 0 bridgehead atoms. The Balaban J connectivity index is 3.07. The number of hydrogen-bond acceptors (Lipinski definition) is 4. The molecule has 1 aromatic rings. The van der Waals surface area contributed by atoms with Crippen LogP contribution in [0.2, 0.25) is 0 Å². The van der Waals surface area contributed by atoms with Gasteiger partial charge in [0.15, 0.2) is 6.29 Å². The Morgan fingerprint density at radius 1 is 1.50 bits per heavy atom. The third kappa shape index (κ3) is 2.30. The van der Waals surface area contributed by atoms with Gasteiger partial charge in [-0.05, 0) is 18.2 Å². The monoisotopic (exact) mass is 193 g/mol. The number of amides is 1. The van der Waals surface area contributed by atoms with Crippen LogP contribution in [0.3, 0.4) is 0 Å². The average Bonchev–Trinajstić information content (AvgIpc) is 2.16. The smallest absolute Gasteiger partial charge is 0.221 e. The molecule has 0 aliphatic carbocycles. The lowest BCUT2D eigenvalue weighted by Crippen LogP contribution is -2.11. The van der Waals surface area contributed by atoms with E-state index in [2.05, 4.69) is 10.7 Å². The van der Waals surface area contributed by atoms with Gasteiger partial charge in [-0.25, -0.2) is 0 Å². The summed E-state index contributed by atoms with van der Waals surface area (Å²) in [6.07, 6.45) is 0.672. The number of nitrogens with two attached hydrogens (primary N) is 1. The molecule has 0 unspecified atom stereocenters. The summed E-state index contributed by atoms with van der Waals surface area (Å²) in [7, 11) is 0. The molecule has 0 aliphatic rings. The van der Waals surface area contributed by atoms with E-state index in [4.69, 9.17) is 5.84 Å². The summed E-state index contributed by atoms with van der Waals surface area (Å²) in [6, 6.07) is 4.81. The molecule has 0 saturated carbocycles. The zero-order valence-electron chi connectivity index (χ0n) is 7.70. The minimum atomic E-state index is -0.234. The van der Waals surface area contributed by atoms with Gasteiger partial charge in [-0.15, -0.1) is 0 Å². The Morgan fingerprint density at radius 2 is 2.21 bits per heavy atom. The van der Waals surface area contributed by atoms with Crippen molar-refractivity contribution in [3.63, 3.8) is 0 Å². The highest BCUT2D eigenvalue weighted by molar-refractivity contribution is 5.96. The van der Waals surface area contributed by atoms with E-state index in [-0.39, 0.29) is 5.91 Å². The fourth-order valence-corrected chi connectivity index (χ4v) is 1.05. The maximum Gasteiger partial charge on any atom is 0.221 e. The van der Waals surface area contributed by atoms with Crippen LogP contribution < -0.4 is 16.6 Å². The molecular weight excluding hydrogens is 182 g/mol. The van der Waals surface area contributed by atoms with Gasteiger partial charge in [0, 0.05) is 12.5 Å². The molecule has 0 saturated heterocycles. The molecule has 0 fully saturated rings. The highest BCUT2D eigenvalue weighted by Crippen LogP contribution is 2.18. The van der Waals surface area contributed by atoms with Crippen LogP contribution in [0.25, 0.3) is 0 Å². The predicted molar refractivity (Wildman–Crippen MR) is 53.9 cm³/mol. The van der Waals surface area contributed by atoms with Crippen molar-refractivity contribution in [3.8, 4) is 0 Å². The fraction of sp³-hybridized carbons (Fsp3) is 0.111. The number of hydrazine groups is 1. The summed E-state index contributed by atoms with van der Waals surface area (Å²) in [5.41, 5.74) is 3.91. The second-order valence-electron chi connectivity index (χ2n) is 2.75. The van der Waals surface area contributed by atoms with E-state index in [0.717, 1.165) is 0 Å². The quantitative estimate of drug-likeness (QED) is 0.375. The molecule has 1 rings (SSSR count). The van der Waals surface area contributed by atoms with Gasteiger partial charge in [0.2, 0.25) is 5.91 Å². The number of benzene rings is 1. The fourth-order valence-electron chi connectivity index (χ4n) is 1.05. The number of anilines is 2. The van der Waals surface area contributed by atoms with Crippen LogP contribution in [0.15, 0.2) is 18.2 Å². The van der Waals surface area contributed by atoms with Crippen molar-refractivity contribution in [3.05, 3.63) is 23.8 Å². The number of hydrogen-bond donors (Lipinski definition) is 3. The van der Waals surface area contributed by atoms with Gasteiger partial charge in [0.25, 0.3) is 0 Å². The Morgan fingerprint density at radius 3 is 2.71 bits per heavy atom. The number of aldehydes is 1. The second kappa shape index (κ2) is 4.38. The van der Waals surface area contributed by atoms with Gasteiger partial charge in [-0.3, -0.25) is 15.4 Å². The minimum Gasteiger partial charge on any atom is -0.326 e. The van der Waals surface area contributed by atoms with Crippen molar-refractivity contribution in [2.45, 2.75) is 6.92 Å². The van der Waals surface area contributed by atoms with E-state index in [1.54, 1.807) is 18.2 Å². The first kappa shape index (κ1) is 10.2. The van der Waals surface area contributed by atoms with Crippen LogP contribution in [0.5, 0.6) is 0 Å². The molecule has 14 heavy (non-hydrogen) atoms. The van der Waals surface area contributed by atoms with Gasteiger partial charge >= 0.3 is 0 Å². The second-order valence-corrected chi connectivity index (χ2v) is 2.75. The maximum atomic E-state index is 10.8. The van der Waals surface area contributed by atoms with E-state index in [0.29, 0.717) is 23.2 Å². The first-order valence-electron chi connectivity index (χ1n) is 4.01. The normalized spacial score (nSPS) is 9.29. The zero-order valence-corrected chi connectivity index (χ0v) is 7.70. The molecule has 0 spiro atoms. The van der Waals surface area contributed by atoms with Crippen LogP contribution in [0, 0.1) is 0 Å². The third-order valence-electron chi connectivity index (χ3n) is 1.66. The van der Waals surface area contributed by atoms with E-state index in [1.807, 2.05) is 0 Å². The van der Waals surface area contributed by atoms with Crippen molar-refractivity contribution >= 4 is 23.6 Å². The largest absolute Gasteiger partial charge is 0.326 e. The number of carbonyl (C=O) groups excluding carboxylic acids is 2. The predicted octanol–water partition coefficient (Wildman–Crippen LogP) is 0.743. The van der Waals surface area contributed by atoms with E-state index in [9.17, 15) is 9.59 Å². The topological polar surface area (TPSA) is 84.2 Å². The number of carbonyl (C=O) groups is 2. The lowest BCUT2D eigenvalue weighted by molar-refractivity contribution is -0.114. The SMILES string of the molecule is CC(=O)Nc1cc(NN)ccc1C=O. The molecule has 0 heterocycles. The summed E-state index contributed by atoms with van der Waals surface area (Å²) < 4.78 is 0. The van der Waals surface area contributed by atoms with Crippen molar-refractivity contribution in [2.24, 2.45) is 5.84 Å². The lowest BCUT2D eigenvalue weighted by Gasteiger charge is -2.07. The van der Waals surface area contributed by atoms with Crippen LogP contribution in [0.4, 0.5) is 11.4 Å². The van der Waals surface area contributed by atoms with Crippen LogP contribution in [-0.2, 0) is 4.79 Å². The molecule has 0 aliphatic heterocycles. The molecule has 5 nitrogen and oxygen atoms in total. The van der Waals surface area contributed by atoms with Crippen molar-refractivity contribution in [2.75, 3.05) is 10.7 Å². The first-order valence-corrected chi connectivity index (χ1v) is 4.01. The molecule has 4 N–H and O–H groups in total. The highest BCUT2D eigenvalue weighted by Gasteiger charge is 2.03. The Labute approximate surface area is 81.3 Å². The van der Waals surface area contributed by atoms with Crippen molar-refractivity contribution in [1.82, 2.24) is 0 Å². The first-order chi connectivity index (χ1) is 6.67. The van der Waals surface area contributed by atoms with Gasteiger partial charge in [-0.1, -0.05) is 0 Å². The summed E-state index contributed by atoms with van der Waals surface area (Å²) >= 11 is 0. The summed E-state index contributed by atoms with van der Waals surface area (Å²) in [5.74, 6) is 4.96. The maximum absolute atomic E-state index is 10.8. The van der Waals surface area contributed by atoms with E-state index in [1.165, 1.54) is 6.92 Å². The summed E-state index contributed by atoms with van der Waals surface area (Å²) in [5, 5.41) is 2.53. The minimum absolute atomic E-state index is 0.234. The molecule has 5 heteroatoms. The summed E-state index contributed by atoms with van der Waals surface area (Å²) in [4.78, 5) is 21.4. The Hall–Kier alpha value is -1.88. The average molecular weight is 193 g/mol. The molecule has 0 atom stereocenters. The molecule has 74 valence electrons. The van der Waals surface area contributed by atoms with Gasteiger partial charge in [-0.2, -0.15) is 0 Å². The number of rotatable bonds is 3. The van der Waals surface area contributed by atoms with E-state index >= 15 is 0 Å². The van der Waals surface area contributed by atoms with Crippen LogP contribution in [-0.4, -0.2) is 12.2 Å². The van der Waals surface area contributed by atoms with Crippen LogP contribution >= 0.6 is 0 Å². The van der Waals surface area contributed by atoms with Crippen molar-refractivity contribution in [1.29, 1.82) is 0 Å². The molecule has 0 aromatic heterocycles. The van der Waals surface area contributed by atoms with E-state index < -0.39 is 0 Å². The molecule has 1 aromatic carbocycles. The van der Waals surface area contributed by atoms with Gasteiger partial charge in [0.05, 0.1) is 11.4 Å². The Bertz CT molecular complexity index is 363. The number of nitrogens with one attached hydrogen (secondary N) is 2. The van der Waals surface area contributed by atoms with Crippen molar-refractivity contribution < 1.29 is 9.59 Å². The van der Waals surface area contributed by atoms with Gasteiger partial charge in [0.1, 0.15) is 0 Å². The molecule has 0 radical (unpaired) electrons. The molecule has 1 amide bonds. The van der Waals surface area contributed by atoms with Gasteiger partial charge < -0.3 is 10.7 Å². The summed E-state index contributed by atoms with van der Waals surface area (Å²) in [6.45, 7) is 1.37. The third-order valence-corrected chi connectivity index (χ3v) is 1.66. The standard InChI is InChI=1S/C9H11N3O2/c1-6(14)11-9-4-8(12-10)3-2-7(9)5-13/h2-5,12H,10H2,1H3,(H,11,14). The Kier molecular flexibility index (Phi) is 3.19. The van der Waals surface area contributed by atoms with Crippen LogP contribution in [0.1, 0.15) is 17.3 Å². The molecular formula is C9H11N3O2. The number of nitrogen functional groups attached to an aromatic ring is 1. The zero-order chi connectivity index (χ0) is 10.6. The lowest BCUT2D eigenvalue weighted by atomic mass is 10.1. The highest BCUT2D eigenvalue weighted by atomic mass is 16.1.